The van der Waals surface area contributed by atoms with Gasteiger partial charge in [-0.25, -0.2) is 13.8 Å². The van der Waals surface area contributed by atoms with Gasteiger partial charge in [-0.15, -0.1) is 0 Å². The number of pyridine rings is 1. The molecule has 1 aromatic heterocycles. The number of nitrogen functional groups attached to an aromatic ring is 1. The average Bonchev–Trinajstić information content (AvgIpc) is 2.32. The zero-order chi connectivity index (χ0) is 13.1. The third-order valence-electron chi connectivity index (χ3n) is 2.51. The van der Waals surface area contributed by atoms with Crippen LogP contribution in [0.4, 0.5) is 20.3 Å². The first-order valence-electron chi connectivity index (χ1n) is 5.46. The number of benzene rings is 1. The first-order valence-corrected chi connectivity index (χ1v) is 5.46. The predicted octanol–water partition coefficient (Wildman–Crippen LogP) is 2.86. The number of aryl methyl sites for hydroxylation is 1. The van der Waals surface area contributed by atoms with Crippen LogP contribution in [-0.4, -0.2) is 4.98 Å². The van der Waals surface area contributed by atoms with Crippen molar-refractivity contribution in [3.8, 4) is 0 Å². The second-order valence-corrected chi connectivity index (χ2v) is 4.04. The van der Waals surface area contributed by atoms with Crippen molar-refractivity contribution in [1.29, 1.82) is 0 Å². The quantitative estimate of drug-likeness (QED) is 0.879. The van der Waals surface area contributed by atoms with Gasteiger partial charge in [-0.05, 0) is 36.8 Å². The van der Waals surface area contributed by atoms with Crippen LogP contribution in [0.1, 0.15) is 11.1 Å². The van der Waals surface area contributed by atoms with E-state index in [4.69, 9.17) is 5.73 Å². The second-order valence-electron chi connectivity index (χ2n) is 4.04. The zero-order valence-corrected chi connectivity index (χ0v) is 9.87. The highest BCUT2D eigenvalue weighted by molar-refractivity contribution is 5.61. The van der Waals surface area contributed by atoms with Crippen molar-refractivity contribution in [2.75, 3.05) is 11.1 Å². The van der Waals surface area contributed by atoms with Crippen molar-refractivity contribution in [3.05, 3.63) is 53.2 Å². The van der Waals surface area contributed by atoms with Gasteiger partial charge >= 0.3 is 0 Å². The summed E-state index contributed by atoms with van der Waals surface area (Å²) in [6, 6.07) is 5.08. The molecule has 1 heterocycles. The van der Waals surface area contributed by atoms with E-state index in [-0.39, 0.29) is 12.1 Å². The van der Waals surface area contributed by atoms with Gasteiger partial charge in [0.25, 0.3) is 0 Å². The van der Waals surface area contributed by atoms with Crippen molar-refractivity contribution in [3.63, 3.8) is 0 Å². The Morgan fingerprint density at radius 3 is 2.78 bits per heavy atom. The summed E-state index contributed by atoms with van der Waals surface area (Å²) < 4.78 is 26.3. The van der Waals surface area contributed by atoms with Crippen LogP contribution < -0.4 is 11.1 Å². The Hall–Kier alpha value is -2.17. The first kappa shape index (κ1) is 12.3. The van der Waals surface area contributed by atoms with E-state index in [9.17, 15) is 8.78 Å². The number of rotatable bonds is 3. The molecule has 0 fully saturated rings. The second kappa shape index (κ2) is 5.00. The summed E-state index contributed by atoms with van der Waals surface area (Å²) in [5.74, 6) is -0.475. The minimum Gasteiger partial charge on any atom is -0.396 e. The van der Waals surface area contributed by atoms with Crippen molar-refractivity contribution in [2.45, 2.75) is 13.5 Å². The smallest absolute Gasteiger partial charge is 0.149 e. The van der Waals surface area contributed by atoms with E-state index in [0.717, 1.165) is 23.8 Å². The van der Waals surface area contributed by atoms with Crippen LogP contribution in [0.5, 0.6) is 0 Å². The minimum absolute atomic E-state index is 0.129. The number of halogens is 2. The molecule has 1 aromatic carbocycles. The Labute approximate surface area is 104 Å². The van der Waals surface area contributed by atoms with Crippen LogP contribution in [0, 0.1) is 18.6 Å². The molecular weight excluding hydrogens is 236 g/mol. The Morgan fingerprint density at radius 1 is 1.28 bits per heavy atom. The molecule has 3 N–H and O–H groups in total. The fourth-order valence-corrected chi connectivity index (χ4v) is 1.60. The van der Waals surface area contributed by atoms with Gasteiger partial charge in [0, 0.05) is 18.3 Å². The molecule has 94 valence electrons. The number of hydrogen-bond acceptors (Lipinski definition) is 3. The van der Waals surface area contributed by atoms with E-state index in [1.807, 2.05) is 6.92 Å². The lowest BCUT2D eigenvalue weighted by molar-refractivity contribution is 0.587. The van der Waals surface area contributed by atoms with E-state index >= 15 is 0 Å². The molecular formula is C13H13F2N3. The van der Waals surface area contributed by atoms with Gasteiger partial charge in [-0.2, -0.15) is 0 Å². The van der Waals surface area contributed by atoms with Crippen LogP contribution in [0.2, 0.25) is 0 Å². The maximum absolute atomic E-state index is 13.4. The molecule has 0 aliphatic heterocycles. The zero-order valence-electron chi connectivity index (χ0n) is 9.87. The monoisotopic (exact) mass is 249 g/mol. The lowest BCUT2D eigenvalue weighted by Gasteiger charge is -2.09. The highest BCUT2D eigenvalue weighted by Crippen LogP contribution is 2.18. The topological polar surface area (TPSA) is 50.9 Å². The lowest BCUT2D eigenvalue weighted by Crippen LogP contribution is -2.06. The molecule has 0 unspecified atom stereocenters. The van der Waals surface area contributed by atoms with Gasteiger partial charge < -0.3 is 11.1 Å². The van der Waals surface area contributed by atoms with Crippen molar-refractivity contribution < 1.29 is 8.78 Å². The summed E-state index contributed by atoms with van der Waals surface area (Å²) in [6.07, 6.45) is 1.65. The molecule has 2 rings (SSSR count). The molecule has 0 amide bonds. The molecule has 5 heteroatoms. The van der Waals surface area contributed by atoms with E-state index in [0.29, 0.717) is 11.5 Å². The number of nitrogens with zero attached hydrogens (tertiary/aromatic N) is 1. The SMILES string of the molecule is Cc1cnc(NCc2cc(F)ccc2F)c(N)c1. The molecule has 3 nitrogen and oxygen atoms in total. The van der Waals surface area contributed by atoms with Crippen molar-refractivity contribution in [1.82, 2.24) is 4.98 Å². The van der Waals surface area contributed by atoms with Gasteiger partial charge in [0.2, 0.25) is 0 Å². The van der Waals surface area contributed by atoms with E-state index in [1.54, 1.807) is 12.3 Å². The number of aromatic nitrogens is 1. The van der Waals surface area contributed by atoms with Gasteiger partial charge in [-0.1, -0.05) is 0 Å². The van der Waals surface area contributed by atoms with Crippen LogP contribution in [0.15, 0.2) is 30.5 Å². The van der Waals surface area contributed by atoms with E-state index in [1.165, 1.54) is 0 Å². The summed E-state index contributed by atoms with van der Waals surface area (Å²) in [4.78, 5) is 4.09. The van der Waals surface area contributed by atoms with Crippen molar-refractivity contribution >= 4 is 11.5 Å². The molecule has 0 aliphatic rings. The van der Waals surface area contributed by atoms with Gasteiger partial charge in [0.05, 0.1) is 5.69 Å². The minimum atomic E-state index is -0.474. The highest BCUT2D eigenvalue weighted by atomic mass is 19.1. The maximum atomic E-state index is 13.4. The third-order valence-corrected chi connectivity index (χ3v) is 2.51. The Bertz CT molecular complexity index is 570. The molecule has 0 radical (unpaired) electrons. The lowest BCUT2D eigenvalue weighted by atomic mass is 10.2. The van der Waals surface area contributed by atoms with Crippen LogP contribution in [0.25, 0.3) is 0 Å². The third kappa shape index (κ3) is 2.74. The van der Waals surface area contributed by atoms with Gasteiger partial charge in [0.1, 0.15) is 17.5 Å². The summed E-state index contributed by atoms with van der Waals surface area (Å²) in [5, 5.41) is 2.88. The van der Waals surface area contributed by atoms with Crippen molar-refractivity contribution in [2.24, 2.45) is 0 Å². The van der Waals surface area contributed by atoms with Gasteiger partial charge in [-0.3, -0.25) is 0 Å². The number of nitrogens with one attached hydrogen (secondary N) is 1. The Kier molecular flexibility index (Phi) is 3.41. The molecule has 0 atom stereocenters. The molecule has 0 bridgehead atoms. The first-order chi connectivity index (χ1) is 8.56. The summed E-state index contributed by atoms with van der Waals surface area (Å²) in [5.41, 5.74) is 7.41. The Morgan fingerprint density at radius 2 is 2.06 bits per heavy atom. The molecule has 0 saturated heterocycles. The van der Waals surface area contributed by atoms with E-state index < -0.39 is 11.6 Å². The molecule has 18 heavy (non-hydrogen) atoms. The van der Waals surface area contributed by atoms with Crippen LogP contribution >= 0.6 is 0 Å². The maximum Gasteiger partial charge on any atom is 0.149 e. The number of nitrogens with two attached hydrogens (primary N) is 1. The average molecular weight is 249 g/mol. The van der Waals surface area contributed by atoms with Crippen LogP contribution in [-0.2, 0) is 6.54 Å². The predicted molar refractivity (Wildman–Crippen MR) is 67.1 cm³/mol. The summed E-state index contributed by atoms with van der Waals surface area (Å²) >= 11 is 0. The summed E-state index contributed by atoms with van der Waals surface area (Å²) in [6.45, 7) is 2.00. The molecule has 2 aromatic rings. The van der Waals surface area contributed by atoms with Crippen LogP contribution in [0.3, 0.4) is 0 Å². The largest absolute Gasteiger partial charge is 0.396 e. The van der Waals surface area contributed by atoms with E-state index in [2.05, 4.69) is 10.3 Å². The molecule has 0 aliphatic carbocycles. The number of hydrogen-bond donors (Lipinski definition) is 2. The normalized spacial score (nSPS) is 10.4. The highest BCUT2D eigenvalue weighted by Gasteiger charge is 2.05. The fourth-order valence-electron chi connectivity index (χ4n) is 1.60. The molecule has 0 saturated carbocycles. The Balaban J connectivity index is 2.13. The fraction of sp³-hybridized carbons (Fsp3) is 0.154. The van der Waals surface area contributed by atoms with Gasteiger partial charge in [0.15, 0.2) is 0 Å². The molecule has 0 spiro atoms. The standard InChI is InChI=1S/C13H13F2N3/c1-8-4-12(16)13(17-6-8)18-7-9-5-10(14)2-3-11(9)15/h2-6H,7,16H2,1H3,(H,17,18). The number of anilines is 2. The summed E-state index contributed by atoms with van der Waals surface area (Å²) in [7, 11) is 0.